The first kappa shape index (κ1) is 17.6. The summed E-state index contributed by atoms with van der Waals surface area (Å²) < 4.78 is 13.2. The predicted molar refractivity (Wildman–Crippen MR) is 113 cm³/mol. The van der Waals surface area contributed by atoms with Crippen molar-refractivity contribution in [1.82, 2.24) is 14.6 Å². The van der Waals surface area contributed by atoms with Gasteiger partial charge in [0.25, 0.3) is 0 Å². The van der Waals surface area contributed by atoms with Crippen molar-refractivity contribution in [2.75, 3.05) is 18.2 Å². The van der Waals surface area contributed by atoms with E-state index in [0.29, 0.717) is 22.2 Å². The first-order valence-corrected chi connectivity index (χ1v) is 9.93. The van der Waals surface area contributed by atoms with Gasteiger partial charge < -0.3 is 14.5 Å². The van der Waals surface area contributed by atoms with Crippen LogP contribution in [0.15, 0.2) is 70.4 Å². The molecule has 3 aromatic heterocycles. The molecule has 0 aliphatic carbocycles. The van der Waals surface area contributed by atoms with Gasteiger partial charge in [0, 0.05) is 23.0 Å². The molecule has 0 aliphatic rings. The van der Waals surface area contributed by atoms with Crippen molar-refractivity contribution in [1.29, 1.82) is 0 Å². The minimum Gasteiger partial charge on any atom is -0.495 e. The maximum absolute atomic E-state index is 12.5. The average molecular weight is 404 g/mol. The Labute approximate surface area is 169 Å². The van der Waals surface area contributed by atoms with Crippen molar-refractivity contribution in [2.45, 2.75) is 5.16 Å². The Bertz CT molecular complexity index is 1360. The number of aromatic nitrogens is 3. The average Bonchev–Trinajstić information content (AvgIpc) is 3.32. The summed E-state index contributed by atoms with van der Waals surface area (Å²) in [5.41, 5.74) is 2.80. The van der Waals surface area contributed by atoms with Gasteiger partial charge in [0.15, 0.2) is 10.8 Å². The molecule has 0 atom stereocenters. The molecule has 0 saturated heterocycles. The number of fused-ring (bicyclic) bond motifs is 4. The Morgan fingerprint density at radius 2 is 1.97 bits per heavy atom. The number of amides is 1. The smallest absolute Gasteiger partial charge is 0.234 e. The topological polar surface area (TPSA) is 81.7 Å². The summed E-state index contributed by atoms with van der Waals surface area (Å²) in [6.45, 7) is 0. The fourth-order valence-corrected chi connectivity index (χ4v) is 3.98. The molecule has 1 N–H and O–H groups in total. The van der Waals surface area contributed by atoms with Gasteiger partial charge in [-0.2, -0.15) is 0 Å². The molecule has 0 spiro atoms. The number of hydrogen-bond donors (Lipinski definition) is 1. The Kier molecular flexibility index (Phi) is 4.33. The van der Waals surface area contributed by atoms with Crippen LogP contribution in [0, 0.1) is 0 Å². The lowest BCUT2D eigenvalue weighted by molar-refractivity contribution is -0.113. The molecule has 29 heavy (non-hydrogen) atoms. The summed E-state index contributed by atoms with van der Waals surface area (Å²) in [4.78, 5) is 12.5. The van der Waals surface area contributed by atoms with Crippen molar-refractivity contribution < 1.29 is 13.9 Å². The summed E-state index contributed by atoms with van der Waals surface area (Å²) in [7, 11) is 1.58. The molecule has 0 radical (unpaired) electrons. The third kappa shape index (κ3) is 3.17. The lowest BCUT2D eigenvalue weighted by Gasteiger charge is -2.10. The molecule has 8 heteroatoms. The van der Waals surface area contributed by atoms with Gasteiger partial charge in [0.05, 0.1) is 18.6 Å². The summed E-state index contributed by atoms with van der Waals surface area (Å²) in [5, 5.41) is 13.7. The number of thioether (sulfide) groups is 1. The first-order valence-electron chi connectivity index (χ1n) is 8.94. The van der Waals surface area contributed by atoms with Gasteiger partial charge in [-0.25, -0.2) is 0 Å². The van der Waals surface area contributed by atoms with Crippen LogP contribution in [0.3, 0.4) is 0 Å². The van der Waals surface area contributed by atoms with E-state index < -0.39 is 0 Å². The number of pyridine rings is 1. The van der Waals surface area contributed by atoms with Crippen molar-refractivity contribution in [3.63, 3.8) is 0 Å². The molecule has 7 nitrogen and oxygen atoms in total. The SMILES string of the molecule is COc1cc2c(cc1NC(=O)CSc1nnc3ccccn13)oc1ccccc12. The molecule has 5 rings (SSSR count). The molecule has 1 amide bonds. The van der Waals surface area contributed by atoms with Gasteiger partial charge in [0.1, 0.15) is 16.9 Å². The molecule has 0 fully saturated rings. The fourth-order valence-electron chi connectivity index (χ4n) is 3.25. The first-order chi connectivity index (χ1) is 14.2. The molecule has 0 bridgehead atoms. The second-order valence-electron chi connectivity index (χ2n) is 6.40. The molecule has 0 unspecified atom stereocenters. The van der Waals surface area contributed by atoms with Crippen molar-refractivity contribution in [2.24, 2.45) is 0 Å². The Morgan fingerprint density at radius 3 is 2.86 bits per heavy atom. The van der Waals surface area contributed by atoms with E-state index in [-0.39, 0.29) is 11.7 Å². The van der Waals surface area contributed by atoms with E-state index in [1.807, 2.05) is 59.1 Å². The quantitative estimate of drug-likeness (QED) is 0.438. The van der Waals surface area contributed by atoms with Crippen LogP contribution >= 0.6 is 11.8 Å². The maximum Gasteiger partial charge on any atom is 0.234 e. The van der Waals surface area contributed by atoms with E-state index in [2.05, 4.69) is 15.5 Å². The number of anilines is 1. The Morgan fingerprint density at radius 1 is 1.10 bits per heavy atom. The Hall–Kier alpha value is -3.52. The van der Waals surface area contributed by atoms with Gasteiger partial charge >= 0.3 is 0 Å². The van der Waals surface area contributed by atoms with E-state index in [1.165, 1.54) is 11.8 Å². The van der Waals surface area contributed by atoms with Crippen molar-refractivity contribution in [3.05, 3.63) is 60.8 Å². The number of carbonyl (C=O) groups is 1. The minimum atomic E-state index is -0.170. The highest BCUT2D eigenvalue weighted by Crippen LogP contribution is 2.36. The number of nitrogens with zero attached hydrogens (tertiary/aromatic N) is 3. The summed E-state index contributed by atoms with van der Waals surface area (Å²) in [6, 6.07) is 17.1. The molecule has 3 heterocycles. The number of methoxy groups -OCH3 is 1. The minimum absolute atomic E-state index is 0.170. The molecule has 0 saturated carbocycles. The highest BCUT2D eigenvalue weighted by atomic mass is 32.2. The zero-order chi connectivity index (χ0) is 19.8. The monoisotopic (exact) mass is 404 g/mol. The van der Waals surface area contributed by atoms with Gasteiger partial charge in [-0.05, 0) is 24.3 Å². The van der Waals surface area contributed by atoms with Crippen LogP contribution < -0.4 is 10.1 Å². The van der Waals surface area contributed by atoms with E-state index >= 15 is 0 Å². The van der Waals surface area contributed by atoms with Gasteiger partial charge in [-0.3, -0.25) is 9.20 Å². The van der Waals surface area contributed by atoms with Gasteiger partial charge in [-0.1, -0.05) is 36.0 Å². The summed E-state index contributed by atoms with van der Waals surface area (Å²) in [5.74, 6) is 0.601. The van der Waals surface area contributed by atoms with Crippen LogP contribution in [-0.2, 0) is 4.79 Å². The third-order valence-electron chi connectivity index (χ3n) is 4.59. The maximum atomic E-state index is 12.5. The summed E-state index contributed by atoms with van der Waals surface area (Å²) >= 11 is 1.32. The molecular weight excluding hydrogens is 388 g/mol. The number of furan rings is 1. The largest absolute Gasteiger partial charge is 0.495 e. The van der Waals surface area contributed by atoms with Crippen molar-refractivity contribution in [3.8, 4) is 5.75 Å². The third-order valence-corrected chi connectivity index (χ3v) is 5.53. The second-order valence-corrected chi connectivity index (χ2v) is 7.34. The zero-order valence-electron chi connectivity index (χ0n) is 15.5. The van der Waals surface area contributed by atoms with Gasteiger partial charge in [-0.15, -0.1) is 10.2 Å². The molecule has 2 aromatic carbocycles. The number of nitrogens with one attached hydrogen (secondary N) is 1. The highest BCUT2D eigenvalue weighted by molar-refractivity contribution is 7.99. The van der Waals surface area contributed by atoms with Crippen LogP contribution in [0.1, 0.15) is 0 Å². The fraction of sp³-hybridized carbons (Fsp3) is 0.0952. The standard InChI is InChI=1S/C21H16N4O3S/c1-27-18-10-14-13-6-2-3-7-16(13)28-17(14)11-15(18)22-20(26)12-29-21-24-23-19-8-4-5-9-25(19)21/h2-11H,12H2,1H3,(H,22,26). The Balaban J connectivity index is 1.38. The number of ether oxygens (including phenoxy) is 1. The molecular formula is C21H16N4O3S. The molecule has 5 aromatic rings. The predicted octanol–water partition coefficient (Wildman–Crippen LogP) is 4.37. The van der Waals surface area contributed by atoms with Crippen LogP contribution in [0.2, 0.25) is 0 Å². The van der Waals surface area contributed by atoms with Crippen LogP contribution in [-0.4, -0.2) is 33.4 Å². The van der Waals surface area contributed by atoms with E-state index in [4.69, 9.17) is 9.15 Å². The summed E-state index contributed by atoms with van der Waals surface area (Å²) in [6.07, 6.45) is 1.87. The van der Waals surface area contributed by atoms with Crippen LogP contribution in [0.5, 0.6) is 5.75 Å². The lowest BCUT2D eigenvalue weighted by atomic mass is 10.1. The van der Waals surface area contributed by atoms with Crippen LogP contribution in [0.4, 0.5) is 5.69 Å². The number of hydrogen-bond acceptors (Lipinski definition) is 6. The van der Waals surface area contributed by atoms with Crippen LogP contribution in [0.25, 0.3) is 27.6 Å². The molecule has 144 valence electrons. The van der Waals surface area contributed by atoms with E-state index in [0.717, 1.165) is 22.0 Å². The number of para-hydroxylation sites is 1. The second kappa shape index (κ2) is 7.14. The number of benzene rings is 2. The molecule has 0 aliphatic heterocycles. The highest BCUT2D eigenvalue weighted by Gasteiger charge is 2.15. The zero-order valence-corrected chi connectivity index (χ0v) is 16.3. The normalized spacial score (nSPS) is 11.3. The van der Waals surface area contributed by atoms with Crippen molar-refractivity contribution >= 4 is 50.9 Å². The lowest BCUT2D eigenvalue weighted by Crippen LogP contribution is -2.15. The van der Waals surface area contributed by atoms with Gasteiger partial charge in [0.2, 0.25) is 5.91 Å². The van der Waals surface area contributed by atoms with E-state index in [9.17, 15) is 4.79 Å². The van der Waals surface area contributed by atoms with E-state index in [1.54, 1.807) is 13.2 Å². The number of rotatable bonds is 5. The number of carbonyl (C=O) groups excluding carboxylic acids is 1.